The molecule has 0 N–H and O–H groups in total. The van der Waals surface area contributed by atoms with E-state index in [2.05, 4.69) is 56.3 Å². The highest BCUT2D eigenvalue weighted by Gasteiger charge is 2.37. The van der Waals surface area contributed by atoms with Crippen molar-refractivity contribution in [1.82, 2.24) is 24.9 Å². The van der Waals surface area contributed by atoms with Gasteiger partial charge in [0.15, 0.2) is 28.6 Å². The third-order valence-corrected chi connectivity index (χ3v) is 9.82. The summed E-state index contributed by atoms with van der Waals surface area (Å²) in [7, 11) is 0. The molecule has 7 heteroatoms. The molecule has 6 aromatic carbocycles. The standard InChI is InChI=1S/C44H29N5O2/c1-44(2)32-18-10-9-16-30(32)38-31(17-11-19-33(38)44)41-48-39(28-20-22-36-34(24-28)45-42(50-36)26-12-5-3-6-13-26)47-40(49-41)29-21-23-37-35(25-29)46-43(51-37)27-14-7-4-8-15-27/h3-25H,1-2H3. The molecule has 7 nitrogen and oxygen atoms in total. The van der Waals surface area contributed by atoms with E-state index in [0.29, 0.717) is 40.4 Å². The van der Waals surface area contributed by atoms with Crippen molar-refractivity contribution in [3.8, 4) is 68.2 Å². The number of fused-ring (bicyclic) bond motifs is 5. The van der Waals surface area contributed by atoms with Gasteiger partial charge < -0.3 is 8.83 Å². The Bertz CT molecular complexity index is 2650. The molecule has 3 aromatic heterocycles. The van der Waals surface area contributed by atoms with Crippen molar-refractivity contribution in [1.29, 1.82) is 0 Å². The van der Waals surface area contributed by atoms with Crippen molar-refractivity contribution in [2.24, 2.45) is 0 Å². The Morgan fingerprint density at radius 2 is 0.902 bits per heavy atom. The molecule has 1 aliphatic rings. The number of hydrogen-bond acceptors (Lipinski definition) is 7. The third-order valence-electron chi connectivity index (χ3n) is 9.82. The summed E-state index contributed by atoms with van der Waals surface area (Å²) in [4.78, 5) is 25.0. The predicted molar refractivity (Wildman–Crippen MR) is 200 cm³/mol. The molecule has 51 heavy (non-hydrogen) atoms. The van der Waals surface area contributed by atoms with Crippen LogP contribution in [-0.2, 0) is 5.41 Å². The summed E-state index contributed by atoms with van der Waals surface area (Å²) < 4.78 is 12.3. The fourth-order valence-electron chi connectivity index (χ4n) is 7.24. The van der Waals surface area contributed by atoms with Crippen molar-refractivity contribution in [2.45, 2.75) is 19.3 Å². The van der Waals surface area contributed by atoms with Gasteiger partial charge in [0.1, 0.15) is 11.0 Å². The number of hydrogen-bond donors (Lipinski definition) is 0. The van der Waals surface area contributed by atoms with Crippen LogP contribution in [0.3, 0.4) is 0 Å². The van der Waals surface area contributed by atoms with Crippen molar-refractivity contribution in [3.05, 3.63) is 151 Å². The van der Waals surface area contributed by atoms with E-state index in [-0.39, 0.29) is 5.41 Å². The van der Waals surface area contributed by atoms with Gasteiger partial charge in [-0.2, -0.15) is 0 Å². The molecule has 0 radical (unpaired) electrons. The van der Waals surface area contributed by atoms with E-state index in [1.54, 1.807) is 0 Å². The molecule has 0 atom stereocenters. The van der Waals surface area contributed by atoms with Gasteiger partial charge in [0.2, 0.25) is 11.8 Å². The van der Waals surface area contributed by atoms with E-state index in [1.807, 2.05) is 97.1 Å². The summed E-state index contributed by atoms with van der Waals surface area (Å²) in [6.45, 7) is 4.55. The Morgan fingerprint density at radius 3 is 1.49 bits per heavy atom. The van der Waals surface area contributed by atoms with Crippen molar-refractivity contribution in [2.75, 3.05) is 0 Å². The summed E-state index contributed by atoms with van der Waals surface area (Å²) in [6.07, 6.45) is 0. The normalized spacial score (nSPS) is 13.1. The van der Waals surface area contributed by atoms with Gasteiger partial charge in [-0.3, -0.25) is 0 Å². The highest BCUT2D eigenvalue weighted by Crippen LogP contribution is 2.51. The third kappa shape index (κ3) is 4.77. The molecule has 3 heterocycles. The number of benzene rings is 6. The molecule has 0 saturated carbocycles. The summed E-state index contributed by atoms with van der Waals surface area (Å²) in [6, 6.07) is 46.6. The van der Waals surface area contributed by atoms with E-state index >= 15 is 0 Å². The topological polar surface area (TPSA) is 90.7 Å². The largest absolute Gasteiger partial charge is 0.436 e. The summed E-state index contributed by atoms with van der Waals surface area (Å²) in [5.74, 6) is 2.80. The minimum absolute atomic E-state index is 0.163. The van der Waals surface area contributed by atoms with Gasteiger partial charge in [0.25, 0.3) is 0 Å². The maximum absolute atomic E-state index is 6.13. The quantitative estimate of drug-likeness (QED) is 0.182. The summed E-state index contributed by atoms with van der Waals surface area (Å²) >= 11 is 0. The molecular formula is C44H29N5O2. The molecule has 242 valence electrons. The monoisotopic (exact) mass is 659 g/mol. The molecule has 0 unspecified atom stereocenters. The molecule has 10 rings (SSSR count). The van der Waals surface area contributed by atoms with Crippen molar-refractivity contribution in [3.63, 3.8) is 0 Å². The van der Waals surface area contributed by atoms with Crippen molar-refractivity contribution >= 4 is 22.2 Å². The van der Waals surface area contributed by atoms with Crippen LogP contribution in [0.5, 0.6) is 0 Å². The highest BCUT2D eigenvalue weighted by atomic mass is 16.4. The van der Waals surface area contributed by atoms with Gasteiger partial charge in [0.05, 0.1) is 0 Å². The van der Waals surface area contributed by atoms with Gasteiger partial charge in [0, 0.05) is 33.2 Å². The van der Waals surface area contributed by atoms with Gasteiger partial charge in [-0.15, -0.1) is 0 Å². The highest BCUT2D eigenvalue weighted by molar-refractivity contribution is 5.92. The second kappa shape index (κ2) is 11.1. The van der Waals surface area contributed by atoms with Crippen molar-refractivity contribution < 1.29 is 8.83 Å². The molecular weight excluding hydrogens is 631 g/mol. The van der Waals surface area contributed by atoms with Crippen LogP contribution >= 0.6 is 0 Å². The molecule has 0 amide bonds. The second-order valence-corrected chi connectivity index (χ2v) is 13.3. The van der Waals surface area contributed by atoms with Gasteiger partial charge in [-0.1, -0.05) is 92.7 Å². The second-order valence-electron chi connectivity index (χ2n) is 13.3. The zero-order chi connectivity index (χ0) is 34.1. The lowest BCUT2D eigenvalue weighted by Crippen LogP contribution is -2.14. The van der Waals surface area contributed by atoms with Crippen LogP contribution in [-0.4, -0.2) is 24.9 Å². The SMILES string of the molecule is CC1(C)c2ccccc2-c2c(-c3nc(-c4ccc5oc(-c6ccccc6)nc5c4)nc(-c4ccc5oc(-c6ccccc6)nc5c4)n3)cccc21. The lowest BCUT2D eigenvalue weighted by atomic mass is 9.82. The molecule has 0 spiro atoms. The number of rotatable bonds is 5. The predicted octanol–water partition coefficient (Wildman–Crippen LogP) is 10.8. The van der Waals surface area contributed by atoms with Gasteiger partial charge >= 0.3 is 0 Å². The van der Waals surface area contributed by atoms with Crippen LogP contribution in [0, 0.1) is 0 Å². The summed E-state index contributed by atoms with van der Waals surface area (Å²) in [5.41, 5.74) is 12.0. The van der Waals surface area contributed by atoms with E-state index in [9.17, 15) is 0 Å². The van der Waals surface area contributed by atoms with Gasteiger partial charge in [-0.25, -0.2) is 24.9 Å². The molecule has 9 aromatic rings. The minimum atomic E-state index is -0.163. The fourth-order valence-corrected chi connectivity index (χ4v) is 7.24. The maximum atomic E-state index is 6.13. The Balaban J connectivity index is 1.16. The average Bonchev–Trinajstić information content (AvgIpc) is 3.88. The van der Waals surface area contributed by atoms with Crippen LogP contribution < -0.4 is 0 Å². The Hall–Kier alpha value is -6.73. The number of nitrogens with zero attached hydrogens (tertiary/aromatic N) is 5. The van der Waals surface area contributed by atoms with E-state index < -0.39 is 0 Å². The first-order valence-electron chi connectivity index (χ1n) is 16.9. The first-order valence-corrected chi connectivity index (χ1v) is 16.9. The molecule has 0 fully saturated rings. The zero-order valence-electron chi connectivity index (χ0n) is 27.8. The van der Waals surface area contributed by atoms with Crippen LogP contribution in [0.15, 0.2) is 148 Å². The maximum Gasteiger partial charge on any atom is 0.227 e. The van der Waals surface area contributed by atoms with E-state index in [1.165, 1.54) is 16.7 Å². The van der Waals surface area contributed by atoms with Gasteiger partial charge in [-0.05, 0) is 82.9 Å². The number of oxazole rings is 2. The van der Waals surface area contributed by atoms with E-state index in [0.717, 1.165) is 44.4 Å². The first-order chi connectivity index (χ1) is 25.0. The van der Waals surface area contributed by atoms with Crippen LogP contribution in [0.1, 0.15) is 25.0 Å². The Kier molecular flexibility index (Phi) is 6.39. The summed E-state index contributed by atoms with van der Waals surface area (Å²) in [5, 5.41) is 0. The lowest BCUT2D eigenvalue weighted by Gasteiger charge is -2.21. The van der Waals surface area contributed by atoms with Crippen LogP contribution in [0.25, 0.3) is 90.4 Å². The molecule has 1 aliphatic carbocycles. The number of aromatic nitrogens is 5. The molecule has 0 bridgehead atoms. The minimum Gasteiger partial charge on any atom is -0.436 e. The average molecular weight is 660 g/mol. The van der Waals surface area contributed by atoms with E-state index in [4.69, 9.17) is 33.8 Å². The lowest BCUT2D eigenvalue weighted by molar-refractivity contribution is 0.619. The molecule has 0 saturated heterocycles. The Labute approximate surface area is 293 Å². The fraction of sp³-hybridized carbons (Fsp3) is 0.0682. The first kappa shape index (κ1) is 29.2. The Morgan fingerprint density at radius 1 is 0.412 bits per heavy atom. The smallest absolute Gasteiger partial charge is 0.227 e. The zero-order valence-corrected chi connectivity index (χ0v) is 27.8. The molecule has 0 aliphatic heterocycles. The van der Waals surface area contributed by atoms with Crippen LogP contribution in [0.4, 0.5) is 0 Å². The van der Waals surface area contributed by atoms with Crippen LogP contribution in [0.2, 0.25) is 0 Å².